The predicted octanol–water partition coefficient (Wildman–Crippen LogP) is 2.65. The van der Waals surface area contributed by atoms with E-state index in [2.05, 4.69) is 26.2 Å². The van der Waals surface area contributed by atoms with Gasteiger partial charge in [-0.3, -0.25) is 14.6 Å². The van der Waals surface area contributed by atoms with Crippen molar-refractivity contribution < 1.29 is 14.0 Å². The molecule has 0 bridgehead atoms. The van der Waals surface area contributed by atoms with Crippen LogP contribution in [0.4, 0.5) is 4.39 Å². The van der Waals surface area contributed by atoms with Gasteiger partial charge in [0.05, 0.1) is 18.2 Å². The van der Waals surface area contributed by atoms with Gasteiger partial charge in [0.25, 0.3) is 0 Å². The Labute approximate surface area is 153 Å². The number of nitrogens with one attached hydrogen (secondary N) is 1. The van der Waals surface area contributed by atoms with E-state index in [1.165, 1.54) is 6.07 Å². The molecule has 25 heavy (non-hydrogen) atoms. The Morgan fingerprint density at radius 1 is 1.36 bits per heavy atom. The molecule has 2 aromatic rings. The molecule has 1 aliphatic heterocycles. The fourth-order valence-corrected chi connectivity index (χ4v) is 3.20. The fraction of sp³-hybridized carbons (Fsp3) is 0.278. The Balaban J connectivity index is 1.56. The maximum atomic E-state index is 13.7. The van der Waals surface area contributed by atoms with Crippen molar-refractivity contribution in [3.05, 3.63) is 64.1 Å². The van der Waals surface area contributed by atoms with Crippen LogP contribution in [0.2, 0.25) is 0 Å². The fourth-order valence-electron chi connectivity index (χ4n) is 2.79. The van der Waals surface area contributed by atoms with Crippen LogP contribution in [0.25, 0.3) is 0 Å². The van der Waals surface area contributed by atoms with Gasteiger partial charge in [0, 0.05) is 35.7 Å². The lowest BCUT2D eigenvalue weighted by Gasteiger charge is -2.16. The van der Waals surface area contributed by atoms with Crippen LogP contribution in [-0.2, 0) is 22.7 Å². The second-order valence-electron chi connectivity index (χ2n) is 5.95. The van der Waals surface area contributed by atoms with E-state index in [0.29, 0.717) is 18.7 Å². The molecule has 1 aliphatic rings. The van der Waals surface area contributed by atoms with Crippen LogP contribution >= 0.6 is 15.9 Å². The van der Waals surface area contributed by atoms with Gasteiger partial charge in [0.1, 0.15) is 5.82 Å². The van der Waals surface area contributed by atoms with Crippen LogP contribution in [0.3, 0.4) is 0 Å². The SMILES string of the molecule is O=C(NCc1cc(Br)ccc1F)C1CC(=O)N(Cc2ccccn2)C1. The summed E-state index contributed by atoms with van der Waals surface area (Å²) in [6.07, 6.45) is 1.84. The molecule has 0 radical (unpaired) electrons. The summed E-state index contributed by atoms with van der Waals surface area (Å²) < 4.78 is 14.5. The molecule has 1 unspecified atom stereocenters. The summed E-state index contributed by atoms with van der Waals surface area (Å²) in [7, 11) is 0. The number of likely N-dealkylation sites (tertiary alicyclic amines) is 1. The number of rotatable bonds is 5. The first kappa shape index (κ1) is 17.5. The van der Waals surface area contributed by atoms with Crippen molar-refractivity contribution in [2.75, 3.05) is 6.54 Å². The first-order valence-electron chi connectivity index (χ1n) is 7.92. The smallest absolute Gasteiger partial charge is 0.225 e. The van der Waals surface area contributed by atoms with E-state index in [9.17, 15) is 14.0 Å². The molecule has 3 rings (SSSR count). The molecule has 1 fully saturated rings. The number of hydrogen-bond donors (Lipinski definition) is 1. The van der Waals surface area contributed by atoms with Gasteiger partial charge < -0.3 is 10.2 Å². The predicted molar refractivity (Wildman–Crippen MR) is 93.7 cm³/mol. The average Bonchev–Trinajstić information content (AvgIpc) is 2.97. The largest absolute Gasteiger partial charge is 0.352 e. The minimum atomic E-state index is -0.425. The molecule has 2 heterocycles. The molecular formula is C18H17BrFN3O2. The minimum absolute atomic E-state index is 0.0700. The molecule has 0 aliphatic carbocycles. The normalized spacial score (nSPS) is 17.0. The van der Waals surface area contributed by atoms with Crippen molar-refractivity contribution >= 4 is 27.7 Å². The number of carbonyl (C=O) groups is 2. The van der Waals surface area contributed by atoms with E-state index in [0.717, 1.165) is 10.2 Å². The molecule has 5 nitrogen and oxygen atoms in total. The lowest BCUT2D eigenvalue weighted by Crippen LogP contribution is -2.32. The van der Waals surface area contributed by atoms with Gasteiger partial charge in [-0.25, -0.2) is 4.39 Å². The third-order valence-corrected chi connectivity index (χ3v) is 4.62. The van der Waals surface area contributed by atoms with E-state index in [4.69, 9.17) is 0 Å². The van der Waals surface area contributed by atoms with Crippen LogP contribution in [-0.4, -0.2) is 28.2 Å². The summed E-state index contributed by atoms with van der Waals surface area (Å²) in [5, 5.41) is 2.72. The molecule has 1 aromatic heterocycles. The monoisotopic (exact) mass is 405 g/mol. The average molecular weight is 406 g/mol. The van der Waals surface area contributed by atoms with Crippen LogP contribution in [0.1, 0.15) is 17.7 Å². The van der Waals surface area contributed by atoms with Gasteiger partial charge in [-0.05, 0) is 30.3 Å². The molecule has 130 valence electrons. The molecule has 7 heteroatoms. The lowest BCUT2D eigenvalue weighted by atomic mass is 10.1. The molecule has 1 saturated heterocycles. The van der Waals surface area contributed by atoms with Crippen LogP contribution in [0, 0.1) is 11.7 Å². The van der Waals surface area contributed by atoms with E-state index in [-0.39, 0.29) is 30.6 Å². The summed E-state index contributed by atoms with van der Waals surface area (Å²) in [5.41, 5.74) is 1.19. The second-order valence-corrected chi connectivity index (χ2v) is 6.87. The third kappa shape index (κ3) is 4.42. The number of carbonyl (C=O) groups excluding carboxylic acids is 2. The van der Waals surface area contributed by atoms with Gasteiger partial charge in [0.15, 0.2) is 0 Å². The van der Waals surface area contributed by atoms with Gasteiger partial charge in [-0.15, -0.1) is 0 Å². The molecule has 0 saturated carbocycles. The zero-order valence-electron chi connectivity index (χ0n) is 13.4. The Hall–Kier alpha value is -2.28. The maximum Gasteiger partial charge on any atom is 0.225 e. The van der Waals surface area contributed by atoms with Crippen molar-refractivity contribution in [2.45, 2.75) is 19.5 Å². The molecule has 1 atom stereocenters. The number of pyridine rings is 1. The quantitative estimate of drug-likeness (QED) is 0.831. The first-order chi connectivity index (χ1) is 12.0. The molecule has 1 aromatic carbocycles. The van der Waals surface area contributed by atoms with Gasteiger partial charge in [-0.1, -0.05) is 22.0 Å². The van der Waals surface area contributed by atoms with Crippen molar-refractivity contribution in [1.82, 2.24) is 15.2 Å². The summed E-state index contributed by atoms with van der Waals surface area (Å²) in [4.78, 5) is 30.3. The van der Waals surface area contributed by atoms with Crippen molar-refractivity contribution in [2.24, 2.45) is 5.92 Å². The van der Waals surface area contributed by atoms with Crippen molar-refractivity contribution in [1.29, 1.82) is 0 Å². The Morgan fingerprint density at radius 3 is 2.96 bits per heavy atom. The number of halogens is 2. The van der Waals surface area contributed by atoms with Gasteiger partial charge >= 0.3 is 0 Å². The maximum absolute atomic E-state index is 13.7. The number of nitrogens with zero attached hydrogens (tertiary/aromatic N) is 2. The highest BCUT2D eigenvalue weighted by Gasteiger charge is 2.34. The number of hydrogen-bond acceptors (Lipinski definition) is 3. The number of benzene rings is 1. The highest BCUT2D eigenvalue weighted by atomic mass is 79.9. The number of aromatic nitrogens is 1. The Morgan fingerprint density at radius 2 is 2.20 bits per heavy atom. The lowest BCUT2D eigenvalue weighted by molar-refractivity contribution is -0.129. The summed E-state index contributed by atoms with van der Waals surface area (Å²) in [6.45, 7) is 0.834. The van der Waals surface area contributed by atoms with Crippen LogP contribution in [0.15, 0.2) is 47.1 Å². The van der Waals surface area contributed by atoms with E-state index < -0.39 is 5.92 Å². The zero-order chi connectivity index (χ0) is 17.8. The third-order valence-electron chi connectivity index (χ3n) is 4.13. The van der Waals surface area contributed by atoms with E-state index >= 15 is 0 Å². The summed E-state index contributed by atoms with van der Waals surface area (Å²) >= 11 is 3.28. The Kier molecular flexibility index (Phi) is 5.43. The number of amides is 2. The summed E-state index contributed by atoms with van der Waals surface area (Å²) in [6, 6.07) is 10.1. The minimum Gasteiger partial charge on any atom is -0.352 e. The second kappa shape index (κ2) is 7.74. The Bertz CT molecular complexity index is 785. The van der Waals surface area contributed by atoms with Gasteiger partial charge in [0.2, 0.25) is 11.8 Å². The van der Waals surface area contributed by atoms with E-state index in [1.807, 2.05) is 18.2 Å². The van der Waals surface area contributed by atoms with E-state index in [1.54, 1.807) is 23.2 Å². The summed E-state index contributed by atoms with van der Waals surface area (Å²) in [5.74, 6) is -1.11. The molecular weight excluding hydrogens is 389 g/mol. The highest BCUT2D eigenvalue weighted by molar-refractivity contribution is 9.10. The zero-order valence-corrected chi connectivity index (χ0v) is 15.0. The van der Waals surface area contributed by atoms with Gasteiger partial charge in [-0.2, -0.15) is 0 Å². The first-order valence-corrected chi connectivity index (χ1v) is 8.71. The molecule has 1 N–H and O–H groups in total. The molecule has 0 spiro atoms. The van der Waals surface area contributed by atoms with Crippen LogP contribution < -0.4 is 5.32 Å². The topological polar surface area (TPSA) is 62.3 Å². The highest BCUT2D eigenvalue weighted by Crippen LogP contribution is 2.20. The van der Waals surface area contributed by atoms with Crippen molar-refractivity contribution in [3.8, 4) is 0 Å². The molecule has 2 amide bonds. The van der Waals surface area contributed by atoms with Crippen molar-refractivity contribution in [3.63, 3.8) is 0 Å². The standard InChI is InChI=1S/C18H17BrFN3O2/c19-14-4-5-16(20)12(7-14)9-22-18(25)13-8-17(24)23(10-13)11-15-3-1-2-6-21-15/h1-7,13H,8-11H2,(H,22,25). The van der Waals surface area contributed by atoms with Crippen LogP contribution in [0.5, 0.6) is 0 Å².